The van der Waals surface area contributed by atoms with Gasteiger partial charge in [0.05, 0.1) is 17.7 Å². The molecule has 0 atom stereocenters. The van der Waals surface area contributed by atoms with Gasteiger partial charge in [0.1, 0.15) is 0 Å². The lowest BCUT2D eigenvalue weighted by molar-refractivity contribution is -0.125. The number of carbonyl (C=O) groups excluding carboxylic acids is 3. The summed E-state index contributed by atoms with van der Waals surface area (Å²) in [6.07, 6.45) is 0.193. The maximum atomic E-state index is 12.3. The average molecular weight is 368 g/mol. The smallest absolute Gasteiger partial charge is 0.340 e. The van der Waals surface area contributed by atoms with E-state index < -0.39 is 11.5 Å². The second-order valence-electron chi connectivity index (χ2n) is 7.13. The fourth-order valence-corrected chi connectivity index (χ4v) is 2.41. The Bertz CT molecular complexity index is 810. The largest absolute Gasteiger partial charge is 0.452 e. The molecule has 0 aliphatic rings. The first-order valence-electron chi connectivity index (χ1n) is 8.65. The predicted molar refractivity (Wildman–Crippen MR) is 103 cm³/mol. The molecule has 0 fully saturated rings. The number of amides is 2. The van der Waals surface area contributed by atoms with Crippen LogP contribution in [0.15, 0.2) is 54.6 Å². The Morgan fingerprint density at radius 2 is 1.52 bits per heavy atom. The third-order valence-electron chi connectivity index (χ3n) is 3.48. The molecule has 2 N–H and O–H groups in total. The van der Waals surface area contributed by atoms with E-state index in [1.807, 2.05) is 51.1 Å². The molecule has 2 aromatic rings. The van der Waals surface area contributed by atoms with Gasteiger partial charge >= 0.3 is 5.97 Å². The number of nitrogens with one attached hydrogen (secondary N) is 2. The van der Waals surface area contributed by atoms with Gasteiger partial charge in [-0.3, -0.25) is 9.59 Å². The highest BCUT2D eigenvalue weighted by Crippen LogP contribution is 2.17. The maximum Gasteiger partial charge on any atom is 0.340 e. The van der Waals surface area contributed by atoms with Crippen molar-refractivity contribution in [1.82, 2.24) is 5.32 Å². The van der Waals surface area contributed by atoms with Crippen LogP contribution in [0.3, 0.4) is 0 Å². The highest BCUT2D eigenvalue weighted by molar-refractivity contribution is 6.02. The van der Waals surface area contributed by atoms with E-state index in [9.17, 15) is 14.4 Å². The second-order valence-corrected chi connectivity index (χ2v) is 7.13. The molecule has 0 bridgehead atoms. The van der Waals surface area contributed by atoms with Crippen molar-refractivity contribution in [3.63, 3.8) is 0 Å². The summed E-state index contributed by atoms with van der Waals surface area (Å²) in [6, 6.07) is 15.8. The van der Waals surface area contributed by atoms with E-state index >= 15 is 0 Å². The Hall–Kier alpha value is -3.15. The van der Waals surface area contributed by atoms with Gasteiger partial charge < -0.3 is 15.4 Å². The molecule has 0 aliphatic heterocycles. The minimum atomic E-state index is -0.672. The lowest BCUT2D eigenvalue weighted by Gasteiger charge is -2.20. The normalized spacial score (nSPS) is 10.8. The molecule has 0 aliphatic carbocycles. The number of hydrogen-bond donors (Lipinski definition) is 2. The average Bonchev–Trinajstić information content (AvgIpc) is 2.59. The molecular formula is C21H24N2O4. The number of benzene rings is 2. The van der Waals surface area contributed by atoms with E-state index in [0.717, 1.165) is 5.56 Å². The van der Waals surface area contributed by atoms with Crippen LogP contribution in [-0.4, -0.2) is 29.9 Å². The molecule has 6 heteroatoms. The molecule has 2 amide bonds. The van der Waals surface area contributed by atoms with Crippen molar-refractivity contribution in [2.45, 2.75) is 32.7 Å². The predicted octanol–water partition coefficient (Wildman–Crippen LogP) is 2.94. The van der Waals surface area contributed by atoms with Crippen molar-refractivity contribution in [2.75, 3.05) is 11.9 Å². The lowest BCUT2D eigenvalue weighted by Crippen LogP contribution is -2.42. The molecule has 142 valence electrons. The first-order chi connectivity index (χ1) is 12.7. The number of rotatable bonds is 6. The van der Waals surface area contributed by atoms with Gasteiger partial charge in [0, 0.05) is 5.54 Å². The summed E-state index contributed by atoms with van der Waals surface area (Å²) in [6.45, 7) is 5.13. The summed E-state index contributed by atoms with van der Waals surface area (Å²) >= 11 is 0. The van der Waals surface area contributed by atoms with Gasteiger partial charge in [-0.2, -0.15) is 0 Å². The van der Waals surface area contributed by atoms with Gasteiger partial charge in [0.15, 0.2) is 6.61 Å². The topological polar surface area (TPSA) is 84.5 Å². The van der Waals surface area contributed by atoms with Crippen LogP contribution in [-0.2, 0) is 20.7 Å². The quantitative estimate of drug-likeness (QED) is 0.768. The highest BCUT2D eigenvalue weighted by Gasteiger charge is 2.18. The highest BCUT2D eigenvalue weighted by atomic mass is 16.5. The van der Waals surface area contributed by atoms with E-state index in [1.165, 1.54) is 0 Å². The molecule has 27 heavy (non-hydrogen) atoms. The van der Waals surface area contributed by atoms with Crippen LogP contribution in [0.25, 0.3) is 0 Å². The van der Waals surface area contributed by atoms with Crippen LogP contribution in [0, 0.1) is 0 Å². The SMILES string of the molecule is CC(C)(C)NC(=O)COC(=O)c1ccccc1NC(=O)Cc1ccccc1. The Morgan fingerprint density at radius 1 is 0.889 bits per heavy atom. The molecule has 0 spiro atoms. The lowest BCUT2D eigenvalue weighted by atomic mass is 10.1. The van der Waals surface area contributed by atoms with E-state index in [-0.39, 0.29) is 30.4 Å². The van der Waals surface area contributed by atoms with Crippen molar-refractivity contribution in [3.05, 3.63) is 65.7 Å². The van der Waals surface area contributed by atoms with Crippen LogP contribution in [0.2, 0.25) is 0 Å². The minimum Gasteiger partial charge on any atom is -0.452 e. The third-order valence-corrected chi connectivity index (χ3v) is 3.48. The zero-order valence-electron chi connectivity index (χ0n) is 15.7. The Kier molecular flexibility index (Phi) is 6.71. The summed E-state index contributed by atoms with van der Waals surface area (Å²) in [4.78, 5) is 36.4. The maximum absolute atomic E-state index is 12.3. The van der Waals surface area contributed by atoms with Crippen LogP contribution in [0.5, 0.6) is 0 Å². The van der Waals surface area contributed by atoms with E-state index in [0.29, 0.717) is 5.69 Å². The Balaban J connectivity index is 1.99. The standard InChI is InChI=1S/C21H24N2O4/c1-21(2,3)23-19(25)14-27-20(26)16-11-7-8-12-17(16)22-18(24)13-15-9-5-4-6-10-15/h4-12H,13-14H2,1-3H3,(H,22,24)(H,23,25). The van der Waals surface area contributed by atoms with Gasteiger partial charge in [-0.25, -0.2) is 4.79 Å². The molecule has 2 rings (SSSR count). The van der Waals surface area contributed by atoms with Crippen LogP contribution >= 0.6 is 0 Å². The van der Waals surface area contributed by atoms with Gasteiger partial charge in [0.25, 0.3) is 5.91 Å². The number of hydrogen-bond acceptors (Lipinski definition) is 4. The van der Waals surface area contributed by atoms with E-state index in [4.69, 9.17) is 4.74 Å². The van der Waals surface area contributed by atoms with Crippen molar-refractivity contribution in [2.24, 2.45) is 0 Å². The molecule has 2 aromatic carbocycles. The van der Waals surface area contributed by atoms with Crippen LogP contribution < -0.4 is 10.6 Å². The molecule has 0 saturated heterocycles. The van der Waals surface area contributed by atoms with Crippen LogP contribution in [0.1, 0.15) is 36.7 Å². The zero-order valence-corrected chi connectivity index (χ0v) is 15.7. The molecule has 0 radical (unpaired) electrons. The fraction of sp³-hybridized carbons (Fsp3) is 0.286. The van der Waals surface area contributed by atoms with Crippen molar-refractivity contribution in [1.29, 1.82) is 0 Å². The van der Waals surface area contributed by atoms with Gasteiger partial charge in [-0.05, 0) is 38.5 Å². The monoisotopic (exact) mass is 368 g/mol. The first kappa shape index (κ1) is 20.2. The fourth-order valence-electron chi connectivity index (χ4n) is 2.41. The number of para-hydroxylation sites is 1. The second kappa shape index (κ2) is 8.98. The van der Waals surface area contributed by atoms with Crippen molar-refractivity contribution < 1.29 is 19.1 Å². The molecular weight excluding hydrogens is 344 g/mol. The number of esters is 1. The molecule has 0 unspecified atom stereocenters. The van der Waals surface area contributed by atoms with Crippen molar-refractivity contribution in [3.8, 4) is 0 Å². The van der Waals surface area contributed by atoms with Gasteiger partial charge in [-0.15, -0.1) is 0 Å². The summed E-state index contributed by atoms with van der Waals surface area (Å²) in [5.74, 6) is -1.30. The molecule has 0 heterocycles. The summed E-state index contributed by atoms with van der Waals surface area (Å²) in [5, 5.41) is 5.44. The molecule has 0 aromatic heterocycles. The summed E-state index contributed by atoms with van der Waals surface area (Å²) < 4.78 is 5.07. The Morgan fingerprint density at radius 3 is 2.19 bits per heavy atom. The minimum absolute atomic E-state index is 0.193. The third kappa shape index (κ3) is 6.93. The first-order valence-corrected chi connectivity index (χ1v) is 8.65. The number of carbonyl (C=O) groups is 3. The number of anilines is 1. The van der Waals surface area contributed by atoms with Gasteiger partial charge in [0.2, 0.25) is 5.91 Å². The van der Waals surface area contributed by atoms with Crippen molar-refractivity contribution >= 4 is 23.5 Å². The van der Waals surface area contributed by atoms with Crippen LogP contribution in [0.4, 0.5) is 5.69 Å². The Labute approximate surface area is 158 Å². The molecule has 0 saturated carbocycles. The van der Waals surface area contributed by atoms with E-state index in [2.05, 4.69) is 10.6 Å². The summed E-state index contributed by atoms with van der Waals surface area (Å²) in [7, 11) is 0. The van der Waals surface area contributed by atoms with Gasteiger partial charge in [-0.1, -0.05) is 42.5 Å². The van der Waals surface area contributed by atoms with E-state index in [1.54, 1.807) is 24.3 Å². The zero-order chi connectivity index (χ0) is 19.9. The molecule has 6 nitrogen and oxygen atoms in total. The summed E-state index contributed by atoms with van der Waals surface area (Å²) in [5.41, 5.74) is 1.00. The number of ether oxygens (including phenoxy) is 1.